The van der Waals surface area contributed by atoms with Crippen LogP contribution in [0.25, 0.3) is 0 Å². The molecule has 2 heterocycles. The molecule has 0 aliphatic carbocycles. The first-order valence-electron chi connectivity index (χ1n) is 7.28. The quantitative estimate of drug-likeness (QED) is 0.869. The predicted molar refractivity (Wildman–Crippen MR) is 83.8 cm³/mol. The highest BCUT2D eigenvalue weighted by Gasteiger charge is 2.23. The van der Waals surface area contributed by atoms with E-state index in [0.717, 1.165) is 35.0 Å². The number of hydrogen-bond donors (Lipinski definition) is 1. The number of amides is 1. The van der Waals surface area contributed by atoms with Gasteiger partial charge in [-0.05, 0) is 43.7 Å². The highest BCUT2D eigenvalue weighted by molar-refractivity contribution is 7.16. The fourth-order valence-corrected chi connectivity index (χ4v) is 3.82. The Kier molecular flexibility index (Phi) is 6.06. The molecule has 1 aliphatic rings. The Balaban J connectivity index is 1.77. The summed E-state index contributed by atoms with van der Waals surface area (Å²) in [4.78, 5) is 25.9. The number of carbonyl (C=O) groups excluding carboxylic acids is 1. The molecule has 0 spiro atoms. The zero-order chi connectivity index (χ0) is 15.2. The maximum Gasteiger partial charge on any atom is 0.303 e. The zero-order valence-electron chi connectivity index (χ0n) is 11.9. The minimum Gasteiger partial charge on any atom is -0.481 e. The van der Waals surface area contributed by atoms with Gasteiger partial charge in [0.05, 0.1) is 4.34 Å². The van der Waals surface area contributed by atoms with Gasteiger partial charge in [-0.2, -0.15) is 0 Å². The number of likely N-dealkylation sites (tertiary alicyclic amines) is 1. The Morgan fingerprint density at radius 2 is 2.19 bits per heavy atom. The van der Waals surface area contributed by atoms with Gasteiger partial charge in [0, 0.05) is 30.8 Å². The summed E-state index contributed by atoms with van der Waals surface area (Å²) >= 11 is 7.40. The van der Waals surface area contributed by atoms with Crippen molar-refractivity contribution < 1.29 is 14.7 Å². The van der Waals surface area contributed by atoms with Crippen LogP contribution in [-0.2, 0) is 16.0 Å². The van der Waals surface area contributed by atoms with Gasteiger partial charge in [-0.1, -0.05) is 11.6 Å². The van der Waals surface area contributed by atoms with Crippen molar-refractivity contribution in [3.05, 3.63) is 21.3 Å². The Hall–Kier alpha value is -1.07. The fraction of sp³-hybridized carbons (Fsp3) is 0.600. The normalized spacial score (nSPS) is 18.7. The molecule has 2 rings (SSSR count). The molecule has 1 aromatic rings. The van der Waals surface area contributed by atoms with Gasteiger partial charge in [-0.3, -0.25) is 9.59 Å². The number of carboxylic acids is 1. The van der Waals surface area contributed by atoms with Crippen LogP contribution in [0.3, 0.4) is 0 Å². The Morgan fingerprint density at radius 3 is 2.86 bits per heavy atom. The smallest absolute Gasteiger partial charge is 0.303 e. The van der Waals surface area contributed by atoms with Crippen LogP contribution in [-0.4, -0.2) is 35.0 Å². The first-order chi connectivity index (χ1) is 10.0. The van der Waals surface area contributed by atoms with E-state index in [0.29, 0.717) is 25.3 Å². The molecule has 0 bridgehead atoms. The van der Waals surface area contributed by atoms with Gasteiger partial charge in [-0.15, -0.1) is 11.3 Å². The number of nitrogens with zero attached hydrogens (tertiary/aromatic N) is 1. The number of aliphatic carboxylic acids is 1. The number of hydrogen-bond acceptors (Lipinski definition) is 3. The van der Waals surface area contributed by atoms with Crippen LogP contribution in [0.5, 0.6) is 0 Å². The number of thiophene rings is 1. The van der Waals surface area contributed by atoms with Crippen LogP contribution >= 0.6 is 22.9 Å². The second-order valence-electron chi connectivity index (χ2n) is 5.49. The minimum atomic E-state index is -0.756. The van der Waals surface area contributed by atoms with E-state index in [1.807, 2.05) is 17.0 Å². The van der Waals surface area contributed by atoms with Crippen molar-refractivity contribution in [3.63, 3.8) is 0 Å². The van der Waals surface area contributed by atoms with Crippen molar-refractivity contribution in [2.45, 2.75) is 38.5 Å². The van der Waals surface area contributed by atoms with E-state index in [-0.39, 0.29) is 12.3 Å². The van der Waals surface area contributed by atoms with Gasteiger partial charge in [-0.25, -0.2) is 0 Å². The summed E-state index contributed by atoms with van der Waals surface area (Å²) in [6, 6.07) is 3.82. The molecular weight excluding hydrogens is 310 g/mol. The number of piperidine rings is 1. The Morgan fingerprint density at radius 1 is 1.38 bits per heavy atom. The summed E-state index contributed by atoms with van der Waals surface area (Å²) in [5, 5.41) is 8.74. The lowest BCUT2D eigenvalue weighted by molar-refractivity contribution is -0.137. The lowest BCUT2D eigenvalue weighted by atomic mass is 9.93. The van der Waals surface area contributed by atoms with Crippen molar-refractivity contribution in [1.29, 1.82) is 0 Å². The topological polar surface area (TPSA) is 57.6 Å². The van der Waals surface area contributed by atoms with Gasteiger partial charge < -0.3 is 10.0 Å². The molecule has 0 radical (unpaired) electrons. The lowest BCUT2D eigenvalue weighted by Gasteiger charge is -2.32. The van der Waals surface area contributed by atoms with Crippen molar-refractivity contribution in [1.82, 2.24) is 4.90 Å². The van der Waals surface area contributed by atoms with Gasteiger partial charge in [0.2, 0.25) is 5.91 Å². The third-order valence-corrected chi connectivity index (χ3v) is 5.14. The highest BCUT2D eigenvalue weighted by atomic mass is 35.5. The summed E-state index contributed by atoms with van der Waals surface area (Å²) in [5.74, 6) is -0.262. The summed E-state index contributed by atoms with van der Waals surface area (Å²) in [6.07, 6.45) is 4.09. The molecule has 0 saturated carbocycles. The summed E-state index contributed by atoms with van der Waals surface area (Å²) in [7, 11) is 0. The molecule has 1 fully saturated rings. The second kappa shape index (κ2) is 7.80. The van der Waals surface area contributed by atoms with Gasteiger partial charge >= 0.3 is 5.97 Å². The van der Waals surface area contributed by atoms with Crippen LogP contribution in [0.1, 0.15) is 37.0 Å². The molecule has 1 N–H and O–H groups in total. The number of aryl methyl sites for hydroxylation is 1. The molecule has 116 valence electrons. The molecule has 1 aliphatic heterocycles. The van der Waals surface area contributed by atoms with Crippen molar-refractivity contribution >= 4 is 34.8 Å². The summed E-state index contributed by atoms with van der Waals surface area (Å²) in [5.41, 5.74) is 0. The molecule has 21 heavy (non-hydrogen) atoms. The molecular formula is C15H20ClNO3S. The average molecular weight is 330 g/mol. The second-order valence-corrected chi connectivity index (χ2v) is 7.29. The molecule has 4 nitrogen and oxygen atoms in total. The van der Waals surface area contributed by atoms with E-state index in [1.54, 1.807) is 0 Å². The van der Waals surface area contributed by atoms with Crippen molar-refractivity contribution in [2.24, 2.45) is 5.92 Å². The molecule has 1 saturated heterocycles. The Labute approximate surface area is 133 Å². The molecule has 1 unspecified atom stereocenters. The summed E-state index contributed by atoms with van der Waals surface area (Å²) < 4.78 is 0.754. The van der Waals surface area contributed by atoms with E-state index in [4.69, 9.17) is 16.7 Å². The van der Waals surface area contributed by atoms with E-state index >= 15 is 0 Å². The number of rotatable bonds is 6. The fourth-order valence-electron chi connectivity index (χ4n) is 2.73. The monoisotopic (exact) mass is 329 g/mol. The van der Waals surface area contributed by atoms with Crippen LogP contribution in [0.15, 0.2) is 12.1 Å². The first-order valence-corrected chi connectivity index (χ1v) is 8.48. The van der Waals surface area contributed by atoms with Gasteiger partial charge in [0.25, 0.3) is 0 Å². The summed E-state index contributed by atoms with van der Waals surface area (Å²) in [6.45, 7) is 1.50. The molecule has 1 atom stereocenters. The maximum absolute atomic E-state index is 12.2. The number of carbonyl (C=O) groups is 2. The largest absolute Gasteiger partial charge is 0.481 e. The number of carboxylic acid groups (broad SMARTS) is 1. The van der Waals surface area contributed by atoms with Crippen molar-refractivity contribution in [3.8, 4) is 0 Å². The minimum absolute atomic E-state index is 0.166. The van der Waals surface area contributed by atoms with E-state index in [1.165, 1.54) is 11.3 Å². The van der Waals surface area contributed by atoms with Crippen LogP contribution in [0.4, 0.5) is 0 Å². The van der Waals surface area contributed by atoms with Gasteiger partial charge in [0.1, 0.15) is 0 Å². The lowest BCUT2D eigenvalue weighted by Crippen LogP contribution is -2.40. The SMILES string of the molecule is O=C(O)CCC1CCCN(C(=O)CCc2ccc(Cl)s2)C1. The van der Waals surface area contributed by atoms with Crippen LogP contribution < -0.4 is 0 Å². The third-order valence-electron chi connectivity index (χ3n) is 3.85. The Bertz CT molecular complexity index is 503. The standard InChI is InChI=1S/C15H20ClNO3S/c16-13-6-4-12(21-13)5-7-14(18)17-9-1-2-11(10-17)3-8-15(19)20/h4,6,11H,1-3,5,7-10H2,(H,19,20). The van der Waals surface area contributed by atoms with Gasteiger partial charge in [0.15, 0.2) is 0 Å². The molecule has 1 aromatic heterocycles. The van der Waals surface area contributed by atoms with E-state index in [2.05, 4.69) is 0 Å². The van der Waals surface area contributed by atoms with Crippen LogP contribution in [0, 0.1) is 5.92 Å². The predicted octanol–water partition coefficient (Wildman–Crippen LogP) is 3.44. The zero-order valence-corrected chi connectivity index (χ0v) is 13.5. The molecule has 0 aromatic carbocycles. The van der Waals surface area contributed by atoms with E-state index < -0.39 is 5.97 Å². The average Bonchev–Trinajstić information content (AvgIpc) is 2.88. The molecule has 1 amide bonds. The maximum atomic E-state index is 12.2. The molecule has 6 heteroatoms. The van der Waals surface area contributed by atoms with Crippen molar-refractivity contribution in [2.75, 3.05) is 13.1 Å². The van der Waals surface area contributed by atoms with E-state index in [9.17, 15) is 9.59 Å². The van der Waals surface area contributed by atoms with Crippen LogP contribution in [0.2, 0.25) is 4.34 Å². The first kappa shape index (κ1) is 16.3. The number of halogens is 1. The highest BCUT2D eigenvalue weighted by Crippen LogP contribution is 2.24. The third kappa shape index (κ3) is 5.32.